The number of thiocarbonyl (C=S) groups is 1. The number of thioether (sulfide) groups is 1. The largest absolute Gasteiger partial charge is 0.495 e. The minimum absolute atomic E-state index is 0.207. The van der Waals surface area contributed by atoms with Crippen LogP contribution in [0.4, 0.5) is 5.69 Å². The van der Waals surface area contributed by atoms with Gasteiger partial charge in [0.2, 0.25) is 0 Å². The SMILES string of the molecule is COc1ccccc1NC(=O)COc1ccc(/C=C2\SC(=S)N(NC(=O)c3ccccc3)C2=O)cc1OC. The Morgan fingerprint density at radius 2 is 1.66 bits per heavy atom. The molecule has 11 heteroatoms. The van der Waals surface area contributed by atoms with Crippen molar-refractivity contribution in [2.45, 2.75) is 0 Å². The number of hydrogen-bond acceptors (Lipinski definition) is 8. The highest BCUT2D eigenvalue weighted by atomic mass is 32.2. The van der Waals surface area contributed by atoms with E-state index in [9.17, 15) is 14.4 Å². The Kier molecular flexibility index (Phi) is 8.62. The van der Waals surface area contributed by atoms with Crippen molar-refractivity contribution in [1.82, 2.24) is 10.4 Å². The van der Waals surface area contributed by atoms with Crippen LogP contribution in [-0.4, -0.2) is 47.9 Å². The third-order valence-electron chi connectivity index (χ3n) is 5.27. The zero-order valence-electron chi connectivity index (χ0n) is 20.4. The second kappa shape index (κ2) is 12.3. The number of carbonyl (C=O) groups excluding carboxylic acids is 3. The molecule has 0 radical (unpaired) electrons. The molecule has 0 spiro atoms. The molecule has 1 fully saturated rings. The molecule has 0 aliphatic carbocycles. The highest BCUT2D eigenvalue weighted by molar-refractivity contribution is 8.26. The summed E-state index contributed by atoms with van der Waals surface area (Å²) in [6.07, 6.45) is 1.63. The molecule has 1 aliphatic heterocycles. The standard InChI is InChI=1S/C27H23N3O6S2/c1-34-20-11-7-6-10-19(20)28-24(31)16-36-21-13-12-17(14-22(21)35-2)15-23-26(33)30(27(37)38-23)29-25(32)18-8-4-3-5-9-18/h3-15H,16H2,1-2H3,(H,28,31)(H,29,32)/b23-15-. The molecule has 1 saturated heterocycles. The van der Waals surface area contributed by atoms with Gasteiger partial charge >= 0.3 is 0 Å². The predicted molar refractivity (Wildman–Crippen MR) is 149 cm³/mol. The average molecular weight is 550 g/mol. The lowest BCUT2D eigenvalue weighted by Gasteiger charge is -2.15. The maximum Gasteiger partial charge on any atom is 0.285 e. The summed E-state index contributed by atoms with van der Waals surface area (Å²) in [4.78, 5) is 38.1. The van der Waals surface area contributed by atoms with Gasteiger partial charge in [-0.3, -0.25) is 19.8 Å². The van der Waals surface area contributed by atoms with Crippen molar-refractivity contribution >= 4 is 57.8 Å². The molecule has 3 aromatic carbocycles. The van der Waals surface area contributed by atoms with Gasteiger partial charge < -0.3 is 19.5 Å². The van der Waals surface area contributed by atoms with Crippen LogP contribution in [0.25, 0.3) is 6.08 Å². The van der Waals surface area contributed by atoms with Crippen molar-refractivity contribution in [3.05, 3.63) is 88.8 Å². The minimum Gasteiger partial charge on any atom is -0.495 e. The first kappa shape index (κ1) is 26.7. The van der Waals surface area contributed by atoms with E-state index in [1.54, 1.807) is 78.9 Å². The first-order chi connectivity index (χ1) is 18.4. The molecule has 0 aromatic heterocycles. The van der Waals surface area contributed by atoms with Crippen LogP contribution in [0.15, 0.2) is 77.7 Å². The molecule has 0 unspecified atom stereocenters. The third-order valence-corrected chi connectivity index (χ3v) is 6.57. The van der Waals surface area contributed by atoms with E-state index in [-0.39, 0.29) is 16.8 Å². The number of nitrogens with zero attached hydrogens (tertiary/aromatic N) is 1. The molecule has 1 aliphatic rings. The summed E-state index contributed by atoms with van der Waals surface area (Å²) < 4.78 is 16.5. The maximum absolute atomic E-state index is 12.9. The molecule has 38 heavy (non-hydrogen) atoms. The fraction of sp³-hybridized carbons (Fsp3) is 0.111. The second-order valence-corrected chi connectivity index (χ2v) is 9.45. The van der Waals surface area contributed by atoms with Gasteiger partial charge in [-0.25, -0.2) is 0 Å². The maximum atomic E-state index is 12.9. The van der Waals surface area contributed by atoms with E-state index in [1.807, 2.05) is 0 Å². The number of hydrazine groups is 1. The van der Waals surface area contributed by atoms with Gasteiger partial charge in [0, 0.05) is 5.56 Å². The highest BCUT2D eigenvalue weighted by Crippen LogP contribution is 2.34. The zero-order valence-corrected chi connectivity index (χ0v) is 22.1. The lowest BCUT2D eigenvalue weighted by Crippen LogP contribution is -2.44. The van der Waals surface area contributed by atoms with Crippen molar-refractivity contribution in [3.63, 3.8) is 0 Å². The van der Waals surface area contributed by atoms with E-state index < -0.39 is 11.8 Å². The topological polar surface area (TPSA) is 106 Å². The normalized spacial score (nSPS) is 13.8. The van der Waals surface area contributed by atoms with E-state index in [0.29, 0.717) is 39.0 Å². The average Bonchev–Trinajstić information content (AvgIpc) is 3.20. The fourth-order valence-corrected chi connectivity index (χ4v) is 4.62. The summed E-state index contributed by atoms with van der Waals surface area (Å²) in [5, 5.41) is 3.79. The lowest BCUT2D eigenvalue weighted by atomic mass is 10.2. The van der Waals surface area contributed by atoms with Gasteiger partial charge in [0.25, 0.3) is 17.7 Å². The first-order valence-electron chi connectivity index (χ1n) is 11.3. The van der Waals surface area contributed by atoms with Gasteiger partial charge in [-0.1, -0.05) is 48.2 Å². The van der Waals surface area contributed by atoms with E-state index >= 15 is 0 Å². The number of ether oxygens (including phenoxy) is 3. The van der Waals surface area contributed by atoms with Crippen molar-refractivity contribution in [2.75, 3.05) is 26.1 Å². The van der Waals surface area contributed by atoms with Crippen LogP contribution >= 0.6 is 24.0 Å². The predicted octanol–water partition coefficient (Wildman–Crippen LogP) is 4.27. The summed E-state index contributed by atoms with van der Waals surface area (Å²) in [5.74, 6) is -0.00784. The summed E-state index contributed by atoms with van der Waals surface area (Å²) in [6.45, 7) is -0.256. The van der Waals surface area contributed by atoms with Crippen molar-refractivity contribution in [1.29, 1.82) is 0 Å². The third kappa shape index (κ3) is 6.31. The lowest BCUT2D eigenvalue weighted by molar-refractivity contribution is -0.123. The number of nitrogens with one attached hydrogen (secondary N) is 2. The van der Waals surface area contributed by atoms with Gasteiger partial charge in [-0.15, -0.1) is 0 Å². The Hall–Kier alpha value is -4.35. The van der Waals surface area contributed by atoms with Gasteiger partial charge in [0.15, 0.2) is 22.4 Å². The minimum atomic E-state index is -0.448. The second-order valence-electron chi connectivity index (χ2n) is 7.77. The first-order valence-corrected chi connectivity index (χ1v) is 12.5. The molecule has 0 atom stereocenters. The smallest absolute Gasteiger partial charge is 0.285 e. The van der Waals surface area contributed by atoms with Crippen LogP contribution in [0, 0.1) is 0 Å². The number of hydrogen-bond donors (Lipinski definition) is 2. The molecule has 1 heterocycles. The Morgan fingerprint density at radius 1 is 0.947 bits per heavy atom. The molecule has 2 N–H and O–H groups in total. The number of rotatable bonds is 9. The fourth-order valence-electron chi connectivity index (χ4n) is 3.44. The summed E-state index contributed by atoms with van der Waals surface area (Å²) >= 11 is 6.36. The van der Waals surface area contributed by atoms with Gasteiger partial charge in [0.1, 0.15) is 5.75 Å². The van der Waals surface area contributed by atoms with E-state index in [1.165, 1.54) is 14.2 Å². The van der Waals surface area contributed by atoms with Crippen LogP contribution in [0.5, 0.6) is 17.2 Å². The van der Waals surface area contributed by atoms with Crippen LogP contribution in [0.1, 0.15) is 15.9 Å². The number of benzene rings is 3. The molecule has 9 nitrogen and oxygen atoms in total. The number of amides is 3. The molecule has 194 valence electrons. The van der Waals surface area contributed by atoms with E-state index in [2.05, 4.69) is 10.7 Å². The molecule has 4 rings (SSSR count). The number of para-hydroxylation sites is 2. The van der Waals surface area contributed by atoms with Crippen LogP contribution in [-0.2, 0) is 9.59 Å². The van der Waals surface area contributed by atoms with Gasteiger partial charge in [-0.05, 0) is 60.3 Å². The zero-order chi connectivity index (χ0) is 27.1. The summed E-state index contributed by atoms with van der Waals surface area (Å²) in [7, 11) is 2.99. The number of methoxy groups -OCH3 is 2. The molecular formula is C27H23N3O6S2. The quantitative estimate of drug-likeness (QED) is 0.301. The molecular weight excluding hydrogens is 526 g/mol. The van der Waals surface area contributed by atoms with E-state index in [4.69, 9.17) is 26.4 Å². The van der Waals surface area contributed by atoms with Crippen molar-refractivity contribution in [3.8, 4) is 17.2 Å². The molecule has 3 amide bonds. The van der Waals surface area contributed by atoms with Crippen molar-refractivity contribution in [2.24, 2.45) is 0 Å². The van der Waals surface area contributed by atoms with Crippen LogP contribution in [0.2, 0.25) is 0 Å². The van der Waals surface area contributed by atoms with Gasteiger partial charge in [0.05, 0.1) is 24.8 Å². The summed E-state index contributed by atoms with van der Waals surface area (Å²) in [6, 6.07) is 20.6. The summed E-state index contributed by atoms with van der Waals surface area (Å²) in [5.41, 5.74) is 4.12. The Labute approximate surface area is 228 Å². The molecule has 0 saturated carbocycles. The molecule has 3 aromatic rings. The number of anilines is 1. The van der Waals surface area contributed by atoms with Crippen molar-refractivity contribution < 1.29 is 28.6 Å². The van der Waals surface area contributed by atoms with Crippen LogP contribution in [0.3, 0.4) is 0 Å². The Bertz CT molecular complexity index is 1410. The molecule has 0 bridgehead atoms. The van der Waals surface area contributed by atoms with E-state index in [0.717, 1.165) is 16.8 Å². The van der Waals surface area contributed by atoms with Crippen LogP contribution < -0.4 is 25.0 Å². The Balaban J connectivity index is 1.41. The number of carbonyl (C=O) groups is 3. The Morgan fingerprint density at radius 3 is 2.39 bits per heavy atom. The highest BCUT2D eigenvalue weighted by Gasteiger charge is 2.33. The monoisotopic (exact) mass is 549 g/mol. The van der Waals surface area contributed by atoms with Gasteiger partial charge in [-0.2, -0.15) is 5.01 Å².